The van der Waals surface area contributed by atoms with E-state index >= 15 is 0 Å². The molecule has 2 heterocycles. The first-order valence-electron chi connectivity index (χ1n) is 4.24. The third kappa shape index (κ3) is 0.495. The van der Waals surface area contributed by atoms with Gasteiger partial charge in [-0.2, -0.15) is 0 Å². The van der Waals surface area contributed by atoms with Crippen molar-refractivity contribution >= 4 is 5.91 Å². The van der Waals surface area contributed by atoms with E-state index in [-0.39, 0.29) is 17.4 Å². The maximum atomic E-state index is 11.2. The molecule has 3 aliphatic rings. The summed E-state index contributed by atoms with van der Waals surface area (Å²) >= 11 is 0. The molecule has 0 aromatic carbocycles. The summed E-state index contributed by atoms with van der Waals surface area (Å²) in [6.07, 6.45) is 2.22. The molecule has 1 spiro atoms. The van der Waals surface area contributed by atoms with E-state index in [1.165, 1.54) is 0 Å². The highest BCUT2D eigenvalue weighted by atomic mass is 16.5. The fourth-order valence-electron chi connectivity index (χ4n) is 2.78. The maximum absolute atomic E-state index is 11.2. The fraction of sp³-hybridized carbons (Fsp3) is 0.875. The predicted molar refractivity (Wildman–Crippen MR) is 37.9 cm³/mol. The van der Waals surface area contributed by atoms with Crippen LogP contribution in [0.3, 0.4) is 0 Å². The number of hydrogen-bond acceptors (Lipinski definition) is 2. The van der Waals surface area contributed by atoms with Gasteiger partial charge in [-0.15, -0.1) is 0 Å². The molecule has 3 rings (SSSR count). The second-order valence-electron chi connectivity index (χ2n) is 3.80. The van der Waals surface area contributed by atoms with E-state index in [4.69, 9.17) is 4.74 Å². The minimum Gasteiger partial charge on any atom is -0.372 e. The van der Waals surface area contributed by atoms with Crippen molar-refractivity contribution in [1.82, 2.24) is 5.32 Å². The minimum atomic E-state index is -0.0446. The van der Waals surface area contributed by atoms with Crippen LogP contribution in [0, 0.1) is 11.8 Å². The van der Waals surface area contributed by atoms with E-state index in [0.29, 0.717) is 5.92 Å². The normalized spacial score (nSPS) is 52.9. The van der Waals surface area contributed by atoms with Gasteiger partial charge in [-0.05, 0) is 18.8 Å². The lowest BCUT2D eigenvalue weighted by Gasteiger charge is -2.44. The highest BCUT2D eigenvalue weighted by Crippen LogP contribution is 2.54. The Kier molecular flexibility index (Phi) is 0.876. The van der Waals surface area contributed by atoms with Gasteiger partial charge < -0.3 is 10.1 Å². The van der Waals surface area contributed by atoms with E-state index in [9.17, 15) is 4.79 Å². The Morgan fingerprint density at radius 1 is 1.64 bits per heavy atom. The lowest BCUT2D eigenvalue weighted by Crippen LogP contribution is -2.53. The summed E-state index contributed by atoms with van der Waals surface area (Å²) in [6, 6.07) is 0. The molecule has 1 aliphatic carbocycles. The summed E-state index contributed by atoms with van der Waals surface area (Å²) in [6.45, 7) is 1.62. The molecule has 60 valence electrons. The number of amides is 1. The zero-order valence-corrected chi connectivity index (χ0v) is 6.30. The zero-order chi connectivity index (χ0) is 7.47. The van der Waals surface area contributed by atoms with Crippen LogP contribution in [0.5, 0.6) is 0 Å². The third-order valence-corrected chi connectivity index (χ3v) is 3.49. The van der Waals surface area contributed by atoms with Crippen molar-refractivity contribution in [1.29, 1.82) is 0 Å². The number of carbonyl (C=O) groups is 1. The molecule has 0 bridgehead atoms. The first-order valence-corrected chi connectivity index (χ1v) is 4.24. The molecule has 2 saturated heterocycles. The lowest BCUT2D eigenvalue weighted by molar-refractivity contribution is -0.142. The second-order valence-corrected chi connectivity index (χ2v) is 3.80. The third-order valence-electron chi connectivity index (χ3n) is 3.49. The number of nitrogens with one attached hydrogen (secondary N) is 1. The Bertz CT molecular complexity index is 228. The molecule has 0 radical (unpaired) electrons. The highest BCUT2D eigenvalue weighted by molar-refractivity contribution is 5.84. The van der Waals surface area contributed by atoms with E-state index < -0.39 is 0 Å². The van der Waals surface area contributed by atoms with Crippen LogP contribution in [0.25, 0.3) is 0 Å². The number of rotatable bonds is 0. The fourth-order valence-corrected chi connectivity index (χ4v) is 2.78. The van der Waals surface area contributed by atoms with Gasteiger partial charge in [-0.3, -0.25) is 4.79 Å². The predicted octanol–water partition coefficient (Wildman–Crippen LogP) is -0.0886. The van der Waals surface area contributed by atoms with E-state index in [0.717, 1.165) is 26.0 Å². The molecule has 1 saturated carbocycles. The van der Waals surface area contributed by atoms with Gasteiger partial charge >= 0.3 is 0 Å². The van der Waals surface area contributed by atoms with Crippen LogP contribution in [-0.4, -0.2) is 24.7 Å². The van der Waals surface area contributed by atoms with Gasteiger partial charge in [0.05, 0.1) is 11.5 Å². The van der Waals surface area contributed by atoms with Crippen molar-refractivity contribution in [2.75, 3.05) is 13.2 Å². The van der Waals surface area contributed by atoms with Crippen molar-refractivity contribution in [3.63, 3.8) is 0 Å². The molecule has 0 aromatic rings. The summed E-state index contributed by atoms with van der Waals surface area (Å²) in [5.74, 6) is 1.07. The maximum Gasteiger partial charge on any atom is 0.226 e. The summed E-state index contributed by atoms with van der Waals surface area (Å²) in [5, 5.41) is 2.88. The van der Waals surface area contributed by atoms with Gasteiger partial charge in [0, 0.05) is 13.2 Å². The van der Waals surface area contributed by atoms with Crippen LogP contribution in [0.1, 0.15) is 12.8 Å². The quantitative estimate of drug-likeness (QED) is 0.528. The Labute approximate surface area is 65.1 Å². The molecule has 3 nitrogen and oxygen atoms in total. The van der Waals surface area contributed by atoms with Gasteiger partial charge in [0.25, 0.3) is 0 Å². The zero-order valence-electron chi connectivity index (χ0n) is 6.30. The monoisotopic (exact) mass is 153 g/mol. The standard InChI is InChI=1S/C8H11NO2/c10-7-6-3-5-1-2-11-8(5,6)4-9-7/h5-6H,1-4H2,(H,9,10). The average molecular weight is 153 g/mol. The second kappa shape index (κ2) is 1.61. The van der Waals surface area contributed by atoms with Gasteiger partial charge in [0.15, 0.2) is 0 Å². The van der Waals surface area contributed by atoms with Gasteiger partial charge in [0.1, 0.15) is 0 Å². The first-order chi connectivity index (χ1) is 5.33. The van der Waals surface area contributed by atoms with Gasteiger partial charge in [-0.1, -0.05) is 0 Å². The van der Waals surface area contributed by atoms with Crippen molar-refractivity contribution in [2.45, 2.75) is 18.4 Å². The highest BCUT2D eigenvalue weighted by Gasteiger charge is 2.64. The van der Waals surface area contributed by atoms with Crippen LogP contribution in [0.2, 0.25) is 0 Å². The summed E-state index contributed by atoms with van der Waals surface area (Å²) in [7, 11) is 0. The van der Waals surface area contributed by atoms with Crippen LogP contribution >= 0.6 is 0 Å². The summed E-state index contributed by atoms with van der Waals surface area (Å²) in [4.78, 5) is 11.2. The molecule has 2 aliphatic heterocycles. The average Bonchev–Trinajstić information content (AvgIpc) is 2.39. The lowest BCUT2D eigenvalue weighted by atomic mass is 9.63. The minimum absolute atomic E-state index is 0.0446. The summed E-state index contributed by atoms with van der Waals surface area (Å²) < 4.78 is 5.65. The topological polar surface area (TPSA) is 38.3 Å². The Balaban J connectivity index is 1.98. The number of carbonyl (C=O) groups excluding carboxylic acids is 1. The molecule has 3 atom stereocenters. The van der Waals surface area contributed by atoms with Crippen LogP contribution in [0.15, 0.2) is 0 Å². The van der Waals surface area contributed by atoms with Crippen molar-refractivity contribution in [3.05, 3.63) is 0 Å². The molecule has 0 aromatic heterocycles. The van der Waals surface area contributed by atoms with E-state index in [1.807, 2.05) is 0 Å². The number of ether oxygens (including phenoxy) is 1. The number of hydrogen-bond donors (Lipinski definition) is 1. The molecular formula is C8H11NO2. The SMILES string of the molecule is O=C1NCC23OCCC2CC13. The first kappa shape index (κ1) is 6.00. The van der Waals surface area contributed by atoms with Crippen molar-refractivity contribution in [3.8, 4) is 0 Å². The largest absolute Gasteiger partial charge is 0.372 e. The molecule has 1 amide bonds. The Morgan fingerprint density at radius 2 is 2.55 bits per heavy atom. The Morgan fingerprint density at radius 3 is 3.27 bits per heavy atom. The van der Waals surface area contributed by atoms with E-state index in [2.05, 4.69) is 5.32 Å². The smallest absolute Gasteiger partial charge is 0.226 e. The van der Waals surface area contributed by atoms with Crippen molar-refractivity contribution in [2.24, 2.45) is 11.8 Å². The Hall–Kier alpha value is -0.570. The summed E-state index contributed by atoms with van der Waals surface area (Å²) in [5.41, 5.74) is -0.0446. The van der Waals surface area contributed by atoms with Crippen LogP contribution in [0.4, 0.5) is 0 Å². The van der Waals surface area contributed by atoms with Gasteiger partial charge in [-0.25, -0.2) is 0 Å². The molecule has 11 heavy (non-hydrogen) atoms. The molecular weight excluding hydrogens is 142 g/mol. The molecule has 1 N–H and O–H groups in total. The van der Waals surface area contributed by atoms with E-state index in [1.54, 1.807) is 0 Å². The van der Waals surface area contributed by atoms with Crippen LogP contribution in [-0.2, 0) is 9.53 Å². The van der Waals surface area contributed by atoms with Crippen LogP contribution < -0.4 is 5.32 Å². The molecule has 3 fully saturated rings. The molecule has 3 unspecified atom stereocenters. The molecule has 3 heteroatoms. The van der Waals surface area contributed by atoms with Gasteiger partial charge in [0.2, 0.25) is 5.91 Å². The van der Waals surface area contributed by atoms with Crippen molar-refractivity contribution < 1.29 is 9.53 Å².